The van der Waals surface area contributed by atoms with E-state index < -0.39 is 12.1 Å². The zero-order valence-electron chi connectivity index (χ0n) is 20.1. The number of rotatable bonds is 7. The number of hydrogen-bond donors (Lipinski definition) is 1. The number of carbonyl (C=O) groups excluding carboxylic acids is 3. The van der Waals surface area contributed by atoms with E-state index in [2.05, 4.69) is 29.3 Å². The van der Waals surface area contributed by atoms with Crippen molar-refractivity contribution < 1.29 is 19.1 Å². The summed E-state index contributed by atoms with van der Waals surface area (Å²) < 4.78 is 5.53. The number of carbonyl (C=O) groups is 3. The summed E-state index contributed by atoms with van der Waals surface area (Å²) in [6.45, 7) is 10.1. The number of fused-ring (bicyclic) bond motifs is 1. The minimum absolute atomic E-state index is 0.0408. The molecule has 2 unspecified atom stereocenters. The Morgan fingerprint density at radius 3 is 2.42 bits per heavy atom. The van der Waals surface area contributed by atoms with Gasteiger partial charge in [0.1, 0.15) is 18.7 Å². The van der Waals surface area contributed by atoms with Gasteiger partial charge < -0.3 is 19.9 Å². The Labute approximate surface area is 196 Å². The van der Waals surface area contributed by atoms with E-state index >= 15 is 0 Å². The summed E-state index contributed by atoms with van der Waals surface area (Å²) in [5, 5.41) is 2.98. The molecule has 3 fully saturated rings. The van der Waals surface area contributed by atoms with E-state index in [-0.39, 0.29) is 36.2 Å². The molecule has 0 spiro atoms. The van der Waals surface area contributed by atoms with E-state index in [4.69, 9.17) is 4.74 Å². The molecule has 3 aliphatic rings. The molecule has 0 aliphatic carbocycles. The summed E-state index contributed by atoms with van der Waals surface area (Å²) in [5.41, 5.74) is 1.84. The van der Waals surface area contributed by atoms with Gasteiger partial charge in [0.15, 0.2) is 5.78 Å². The van der Waals surface area contributed by atoms with Crippen molar-refractivity contribution in [3.05, 3.63) is 35.4 Å². The van der Waals surface area contributed by atoms with Crippen molar-refractivity contribution in [2.75, 3.05) is 32.8 Å². The highest BCUT2D eigenvalue weighted by Gasteiger charge is 2.48. The fourth-order valence-electron chi connectivity index (χ4n) is 5.42. The topological polar surface area (TPSA) is 79.0 Å². The van der Waals surface area contributed by atoms with Crippen molar-refractivity contribution in [2.24, 2.45) is 5.92 Å². The molecule has 0 bridgehead atoms. The van der Waals surface area contributed by atoms with E-state index in [1.165, 1.54) is 5.56 Å². The molecule has 1 aromatic carbocycles. The summed E-state index contributed by atoms with van der Waals surface area (Å²) in [4.78, 5) is 42.9. The van der Waals surface area contributed by atoms with Gasteiger partial charge in [-0.2, -0.15) is 0 Å². The summed E-state index contributed by atoms with van der Waals surface area (Å²) in [5.74, 6) is 0.0316. The lowest BCUT2D eigenvalue weighted by molar-refractivity contribution is -0.139. The Hall–Kier alpha value is -2.25. The molecule has 2 amide bonds. The van der Waals surface area contributed by atoms with Crippen LogP contribution in [0.4, 0.5) is 0 Å². The highest BCUT2D eigenvalue weighted by Crippen LogP contribution is 2.30. The summed E-state index contributed by atoms with van der Waals surface area (Å²) in [6, 6.07) is 6.69. The molecular formula is C26H37N3O4. The Morgan fingerprint density at radius 2 is 1.79 bits per heavy atom. The minimum atomic E-state index is -0.660. The second-order valence-electron chi connectivity index (χ2n) is 9.75. The van der Waals surface area contributed by atoms with Crippen molar-refractivity contribution in [1.82, 2.24) is 15.1 Å². The third-order valence-corrected chi connectivity index (χ3v) is 7.84. The normalized spacial score (nSPS) is 25.7. The summed E-state index contributed by atoms with van der Waals surface area (Å²) in [6.07, 6.45) is 3.50. The van der Waals surface area contributed by atoms with E-state index in [0.29, 0.717) is 24.4 Å². The van der Waals surface area contributed by atoms with Gasteiger partial charge in [0.2, 0.25) is 5.91 Å². The maximum Gasteiger partial charge on any atom is 0.251 e. The Balaban J connectivity index is 1.42. The molecule has 0 saturated carbocycles. The van der Waals surface area contributed by atoms with Gasteiger partial charge in [0.05, 0.1) is 6.10 Å². The lowest BCUT2D eigenvalue weighted by Crippen LogP contribution is -2.54. The third-order valence-electron chi connectivity index (χ3n) is 7.84. The monoisotopic (exact) mass is 455 g/mol. The molecule has 7 nitrogen and oxygen atoms in total. The minimum Gasteiger partial charge on any atom is -0.368 e. The summed E-state index contributed by atoms with van der Waals surface area (Å²) in [7, 11) is 0. The maximum atomic E-state index is 13.4. The van der Waals surface area contributed by atoms with Crippen LogP contribution >= 0.6 is 0 Å². The van der Waals surface area contributed by atoms with Gasteiger partial charge in [-0.1, -0.05) is 39.3 Å². The SMILES string of the molecule is CCC(C)C(NC(=O)c1ccc(C2CCN(CC)CC2)cc1)C(=O)N1CC[C@H]2OCC(=O)[C@H]21. The first-order valence-corrected chi connectivity index (χ1v) is 12.5. The highest BCUT2D eigenvalue weighted by atomic mass is 16.5. The number of ether oxygens (including phenoxy) is 1. The van der Waals surface area contributed by atoms with Crippen LogP contribution in [0.3, 0.4) is 0 Å². The predicted octanol–water partition coefficient (Wildman–Crippen LogP) is 2.60. The van der Waals surface area contributed by atoms with Gasteiger partial charge in [-0.3, -0.25) is 14.4 Å². The number of nitrogens with one attached hydrogen (secondary N) is 1. The molecule has 33 heavy (non-hydrogen) atoms. The lowest BCUT2D eigenvalue weighted by atomic mass is 9.89. The van der Waals surface area contributed by atoms with Crippen molar-refractivity contribution >= 4 is 17.6 Å². The van der Waals surface area contributed by atoms with Crippen LogP contribution in [0.5, 0.6) is 0 Å². The Bertz CT molecular complexity index is 863. The van der Waals surface area contributed by atoms with Gasteiger partial charge in [-0.15, -0.1) is 0 Å². The first-order chi connectivity index (χ1) is 15.9. The molecule has 0 radical (unpaired) electrons. The van der Waals surface area contributed by atoms with Crippen LogP contribution in [-0.2, 0) is 14.3 Å². The average molecular weight is 456 g/mol. The second kappa shape index (κ2) is 10.3. The van der Waals surface area contributed by atoms with Crippen LogP contribution < -0.4 is 5.32 Å². The number of Topliss-reactive ketones (excluding diaryl/α,β-unsaturated/α-hetero) is 1. The first kappa shape index (κ1) is 23.9. The number of likely N-dealkylation sites (tertiary alicyclic amines) is 2. The van der Waals surface area contributed by atoms with E-state index in [9.17, 15) is 14.4 Å². The van der Waals surface area contributed by atoms with Crippen LogP contribution in [0, 0.1) is 5.92 Å². The fraction of sp³-hybridized carbons (Fsp3) is 0.654. The number of amides is 2. The molecule has 180 valence electrons. The van der Waals surface area contributed by atoms with Crippen molar-refractivity contribution in [2.45, 2.75) is 70.6 Å². The number of piperidine rings is 1. The summed E-state index contributed by atoms with van der Waals surface area (Å²) >= 11 is 0. The zero-order valence-corrected chi connectivity index (χ0v) is 20.1. The number of nitrogens with zero attached hydrogens (tertiary/aromatic N) is 2. The quantitative estimate of drug-likeness (QED) is 0.684. The van der Waals surface area contributed by atoms with Gasteiger partial charge in [0, 0.05) is 12.1 Å². The number of hydrogen-bond acceptors (Lipinski definition) is 5. The molecular weight excluding hydrogens is 418 g/mol. The fourth-order valence-corrected chi connectivity index (χ4v) is 5.42. The van der Waals surface area contributed by atoms with Crippen molar-refractivity contribution in [3.8, 4) is 0 Å². The largest absolute Gasteiger partial charge is 0.368 e. The molecule has 0 aromatic heterocycles. The van der Waals surface area contributed by atoms with E-state index in [1.54, 1.807) is 4.90 Å². The van der Waals surface area contributed by atoms with E-state index in [0.717, 1.165) is 38.9 Å². The zero-order chi connectivity index (χ0) is 23.5. The molecule has 3 heterocycles. The molecule has 4 atom stereocenters. The Kier molecular flexibility index (Phi) is 7.49. The number of ketones is 1. The average Bonchev–Trinajstić information content (AvgIpc) is 3.44. The molecule has 4 rings (SSSR count). The van der Waals surface area contributed by atoms with Crippen LogP contribution in [0.25, 0.3) is 0 Å². The van der Waals surface area contributed by atoms with Gasteiger partial charge >= 0.3 is 0 Å². The second-order valence-corrected chi connectivity index (χ2v) is 9.75. The number of benzene rings is 1. The van der Waals surface area contributed by atoms with E-state index in [1.807, 2.05) is 26.0 Å². The molecule has 3 saturated heterocycles. The smallest absolute Gasteiger partial charge is 0.251 e. The van der Waals surface area contributed by atoms with Crippen molar-refractivity contribution in [1.29, 1.82) is 0 Å². The lowest BCUT2D eigenvalue weighted by Gasteiger charge is -2.31. The van der Waals surface area contributed by atoms with Crippen LogP contribution in [0.2, 0.25) is 0 Å². The highest BCUT2D eigenvalue weighted by molar-refractivity contribution is 5.99. The predicted molar refractivity (Wildman–Crippen MR) is 126 cm³/mol. The first-order valence-electron chi connectivity index (χ1n) is 12.5. The van der Waals surface area contributed by atoms with Gasteiger partial charge in [-0.25, -0.2) is 0 Å². The molecule has 7 heteroatoms. The maximum absolute atomic E-state index is 13.4. The Morgan fingerprint density at radius 1 is 1.09 bits per heavy atom. The van der Waals surface area contributed by atoms with Gasteiger partial charge in [-0.05, 0) is 68.4 Å². The van der Waals surface area contributed by atoms with Crippen LogP contribution in [-0.4, -0.2) is 78.4 Å². The molecule has 1 N–H and O–H groups in total. The molecule has 1 aromatic rings. The van der Waals surface area contributed by atoms with Crippen molar-refractivity contribution in [3.63, 3.8) is 0 Å². The van der Waals surface area contributed by atoms with Gasteiger partial charge in [0.25, 0.3) is 5.91 Å². The van der Waals surface area contributed by atoms with Crippen LogP contribution in [0.1, 0.15) is 68.3 Å². The van der Waals surface area contributed by atoms with Crippen LogP contribution in [0.15, 0.2) is 24.3 Å². The third kappa shape index (κ3) is 4.99. The standard InChI is InChI=1S/C26H37N3O4/c1-4-17(3)23(26(32)29-15-12-22-24(29)21(30)16-33-22)27-25(31)20-8-6-18(7-9-20)19-10-13-28(5-2)14-11-19/h6-9,17,19,22-24H,4-5,10-16H2,1-3H3,(H,27,31)/t17?,22-,23?,24-/m1/s1. The molecule has 3 aliphatic heterocycles.